The normalized spacial score (nSPS) is 13.7. The zero-order valence-corrected chi connectivity index (χ0v) is 17.2. The quantitative estimate of drug-likeness (QED) is 0.681. The number of carbonyl (C=O) groups excluding carboxylic acids is 1. The van der Waals surface area contributed by atoms with Crippen molar-refractivity contribution in [3.63, 3.8) is 0 Å². The lowest BCUT2D eigenvalue weighted by Gasteiger charge is -2.27. The summed E-state index contributed by atoms with van der Waals surface area (Å²) in [7, 11) is 0. The summed E-state index contributed by atoms with van der Waals surface area (Å²) in [5.41, 5.74) is 5.31. The Morgan fingerprint density at radius 3 is 2.33 bits per heavy atom. The van der Waals surface area contributed by atoms with Crippen molar-refractivity contribution in [3.8, 4) is 11.3 Å². The summed E-state index contributed by atoms with van der Waals surface area (Å²) in [5.74, 6) is 0.851. The van der Waals surface area contributed by atoms with E-state index in [9.17, 15) is 4.79 Å². The molecule has 0 spiro atoms. The Labute approximate surface area is 176 Å². The maximum absolute atomic E-state index is 12.4. The van der Waals surface area contributed by atoms with Gasteiger partial charge in [-0.1, -0.05) is 18.2 Å². The number of aryl methyl sites for hydroxylation is 2. The van der Waals surface area contributed by atoms with Gasteiger partial charge in [0.25, 0.3) is 0 Å². The Hall–Kier alpha value is -3.45. The molecule has 154 valence electrons. The first-order chi connectivity index (χ1) is 14.6. The van der Waals surface area contributed by atoms with Crippen LogP contribution in [0.5, 0.6) is 0 Å². The molecular formula is C23H25N5O2. The van der Waals surface area contributed by atoms with E-state index in [0.717, 1.165) is 47.0 Å². The monoisotopic (exact) mass is 403 g/mol. The number of nitrogens with one attached hydrogen (secondary N) is 2. The molecule has 4 rings (SSSR count). The smallest absolute Gasteiger partial charge is 0.323 e. The topological polar surface area (TPSA) is 79.4 Å². The first-order valence-electron chi connectivity index (χ1n) is 10.00. The van der Waals surface area contributed by atoms with Gasteiger partial charge in [0.15, 0.2) is 5.82 Å². The van der Waals surface area contributed by atoms with E-state index in [-0.39, 0.29) is 6.03 Å². The van der Waals surface area contributed by atoms with Crippen LogP contribution in [0.2, 0.25) is 0 Å². The third kappa shape index (κ3) is 4.93. The van der Waals surface area contributed by atoms with Gasteiger partial charge >= 0.3 is 6.03 Å². The number of hydrogen-bond acceptors (Lipinski definition) is 5. The Balaban J connectivity index is 1.43. The van der Waals surface area contributed by atoms with Gasteiger partial charge in [-0.05, 0) is 61.4 Å². The Morgan fingerprint density at radius 2 is 1.63 bits per heavy atom. The van der Waals surface area contributed by atoms with Crippen LogP contribution in [0.4, 0.5) is 22.0 Å². The molecule has 30 heavy (non-hydrogen) atoms. The van der Waals surface area contributed by atoms with E-state index in [0.29, 0.717) is 18.9 Å². The standard InChI is InChI=1S/C23H25N5O2/c1-16-12-17(2)14-20(13-16)25-23(29)24-19-5-3-4-18(15-19)21-6-7-22(27-26-21)28-8-10-30-11-9-28/h3-7,12-15H,8-11H2,1-2H3,(H2,24,25,29). The highest BCUT2D eigenvalue weighted by molar-refractivity contribution is 6.00. The molecule has 3 aromatic rings. The molecule has 2 amide bonds. The van der Waals surface area contributed by atoms with Gasteiger partial charge in [0, 0.05) is 30.0 Å². The van der Waals surface area contributed by atoms with Crippen molar-refractivity contribution in [2.45, 2.75) is 13.8 Å². The number of morpholine rings is 1. The van der Waals surface area contributed by atoms with Crippen LogP contribution in [0.3, 0.4) is 0 Å². The summed E-state index contributed by atoms with van der Waals surface area (Å²) in [4.78, 5) is 14.6. The molecule has 0 bridgehead atoms. The van der Waals surface area contributed by atoms with Crippen molar-refractivity contribution in [1.82, 2.24) is 10.2 Å². The van der Waals surface area contributed by atoms with Crippen molar-refractivity contribution in [1.29, 1.82) is 0 Å². The molecular weight excluding hydrogens is 378 g/mol. The SMILES string of the molecule is Cc1cc(C)cc(NC(=O)Nc2cccc(-c3ccc(N4CCOCC4)nn3)c2)c1. The van der Waals surface area contributed by atoms with E-state index < -0.39 is 0 Å². The molecule has 2 heterocycles. The number of urea groups is 1. The van der Waals surface area contributed by atoms with Gasteiger partial charge in [-0.2, -0.15) is 0 Å². The number of amides is 2. The number of anilines is 3. The van der Waals surface area contributed by atoms with Gasteiger partial charge in [0.1, 0.15) is 0 Å². The highest BCUT2D eigenvalue weighted by Crippen LogP contribution is 2.22. The minimum atomic E-state index is -0.286. The van der Waals surface area contributed by atoms with Gasteiger partial charge in [-0.3, -0.25) is 0 Å². The minimum Gasteiger partial charge on any atom is -0.378 e. The van der Waals surface area contributed by atoms with Gasteiger partial charge < -0.3 is 20.3 Å². The van der Waals surface area contributed by atoms with Crippen LogP contribution in [0, 0.1) is 13.8 Å². The third-order valence-corrected chi connectivity index (χ3v) is 4.88. The maximum Gasteiger partial charge on any atom is 0.323 e. The van der Waals surface area contributed by atoms with Crippen molar-refractivity contribution < 1.29 is 9.53 Å². The first kappa shape index (κ1) is 19.8. The van der Waals surface area contributed by atoms with Crippen molar-refractivity contribution in [2.24, 2.45) is 0 Å². The largest absolute Gasteiger partial charge is 0.378 e. The second kappa shape index (κ2) is 8.92. The van der Waals surface area contributed by atoms with E-state index in [1.54, 1.807) is 0 Å². The molecule has 1 aromatic heterocycles. The molecule has 7 nitrogen and oxygen atoms in total. The van der Waals surface area contributed by atoms with Gasteiger partial charge in [0.2, 0.25) is 0 Å². The number of nitrogens with zero attached hydrogens (tertiary/aromatic N) is 3. The molecule has 1 aliphatic heterocycles. The van der Waals surface area contributed by atoms with Crippen molar-refractivity contribution >= 4 is 23.2 Å². The zero-order chi connectivity index (χ0) is 20.9. The van der Waals surface area contributed by atoms with Crippen LogP contribution in [0.1, 0.15) is 11.1 Å². The number of ether oxygens (including phenoxy) is 1. The highest BCUT2D eigenvalue weighted by Gasteiger charge is 2.13. The summed E-state index contributed by atoms with van der Waals surface area (Å²) in [6.07, 6.45) is 0. The molecule has 0 aliphatic carbocycles. The molecule has 0 atom stereocenters. The molecule has 0 radical (unpaired) electrons. The zero-order valence-electron chi connectivity index (χ0n) is 17.2. The predicted molar refractivity (Wildman–Crippen MR) is 119 cm³/mol. The minimum absolute atomic E-state index is 0.286. The maximum atomic E-state index is 12.4. The average molecular weight is 403 g/mol. The molecule has 0 unspecified atom stereocenters. The number of hydrogen-bond donors (Lipinski definition) is 2. The van der Waals surface area contributed by atoms with Crippen LogP contribution in [-0.2, 0) is 4.74 Å². The van der Waals surface area contributed by atoms with Crippen LogP contribution in [0.15, 0.2) is 54.6 Å². The first-order valence-corrected chi connectivity index (χ1v) is 10.00. The number of aromatic nitrogens is 2. The van der Waals surface area contributed by atoms with Crippen LogP contribution in [-0.4, -0.2) is 42.5 Å². The van der Waals surface area contributed by atoms with Gasteiger partial charge in [-0.25, -0.2) is 4.79 Å². The molecule has 1 saturated heterocycles. The fourth-order valence-corrected chi connectivity index (χ4v) is 3.54. The molecule has 1 aliphatic rings. The van der Waals surface area contributed by atoms with Crippen molar-refractivity contribution in [3.05, 3.63) is 65.7 Å². The van der Waals surface area contributed by atoms with E-state index >= 15 is 0 Å². The fourth-order valence-electron chi connectivity index (χ4n) is 3.54. The highest BCUT2D eigenvalue weighted by atomic mass is 16.5. The van der Waals surface area contributed by atoms with E-state index in [4.69, 9.17) is 4.74 Å². The lowest BCUT2D eigenvalue weighted by Crippen LogP contribution is -2.36. The fraction of sp³-hybridized carbons (Fsp3) is 0.261. The second-order valence-corrected chi connectivity index (χ2v) is 7.41. The van der Waals surface area contributed by atoms with Crippen molar-refractivity contribution in [2.75, 3.05) is 41.8 Å². The van der Waals surface area contributed by atoms with Gasteiger partial charge in [-0.15, -0.1) is 10.2 Å². The van der Waals surface area contributed by atoms with E-state index in [1.165, 1.54) is 0 Å². The molecule has 1 fully saturated rings. The predicted octanol–water partition coefficient (Wildman–Crippen LogP) is 4.24. The van der Waals surface area contributed by atoms with Crippen LogP contribution < -0.4 is 15.5 Å². The lowest BCUT2D eigenvalue weighted by atomic mass is 10.1. The summed E-state index contributed by atoms with van der Waals surface area (Å²) >= 11 is 0. The number of carbonyl (C=O) groups is 1. The van der Waals surface area contributed by atoms with E-state index in [1.807, 2.05) is 62.4 Å². The molecule has 7 heteroatoms. The van der Waals surface area contributed by atoms with Crippen LogP contribution >= 0.6 is 0 Å². The summed E-state index contributed by atoms with van der Waals surface area (Å²) < 4.78 is 5.38. The molecule has 0 saturated carbocycles. The molecule has 2 aromatic carbocycles. The Morgan fingerprint density at radius 1 is 0.900 bits per heavy atom. The second-order valence-electron chi connectivity index (χ2n) is 7.41. The summed E-state index contributed by atoms with van der Waals surface area (Å²) in [5, 5.41) is 14.5. The average Bonchev–Trinajstić information content (AvgIpc) is 2.74. The number of benzene rings is 2. The third-order valence-electron chi connectivity index (χ3n) is 4.88. The molecule has 2 N–H and O–H groups in total. The Bertz CT molecular complexity index is 1010. The Kier molecular flexibility index (Phi) is 5.90. The lowest BCUT2D eigenvalue weighted by molar-refractivity contribution is 0.122. The summed E-state index contributed by atoms with van der Waals surface area (Å²) in [6.45, 7) is 7.07. The number of rotatable bonds is 4. The van der Waals surface area contributed by atoms with E-state index in [2.05, 4.69) is 31.8 Å². The van der Waals surface area contributed by atoms with Gasteiger partial charge in [0.05, 0.1) is 18.9 Å². The summed E-state index contributed by atoms with van der Waals surface area (Å²) in [6, 6.07) is 17.2. The van der Waals surface area contributed by atoms with Crippen LogP contribution in [0.25, 0.3) is 11.3 Å².